The largest absolute Gasteiger partial charge is 0.395 e. The average Bonchev–Trinajstić information content (AvgIpc) is 3.30. The monoisotopic (exact) mass is 442 g/mol. The Balaban J connectivity index is 1.43. The second kappa shape index (κ2) is 8.33. The van der Waals surface area contributed by atoms with E-state index in [9.17, 15) is 14.7 Å². The molecule has 32 heavy (non-hydrogen) atoms. The van der Waals surface area contributed by atoms with Crippen LogP contribution >= 0.6 is 11.3 Å². The summed E-state index contributed by atoms with van der Waals surface area (Å²) in [5.74, 6) is -0.804. The average molecular weight is 443 g/mol. The zero-order chi connectivity index (χ0) is 22.1. The summed E-state index contributed by atoms with van der Waals surface area (Å²) in [5, 5.41) is 15.8. The van der Waals surface area contributed by atoms with E-state index >= 15 is 0 Å². The lowest BCUT2D eigenvalue weighted by Crippen LogP contribution is -2.41. The van der Waals surface area contributed by atoms with Gasteiger partial charge in [0.15, 0.2) is 0 Å². The molecule has 0 atom stereocenters. The molecule has 8 heteroatoms. The maximum atomic E-state index is 12.8. The zero-order valence-electron chi connectivity index (χ0n) is 16.9. The number of nitrogens with zero attached hydrogens (tertiary/aromatic N) is 3. The molecule has 0 saturated heterocycles. The normalized spacial score (nSPS) is 13.3. The Labute approximate surface area is 187 Å². The molecule has 0 spiro atoms. The fourth-order valence-corrected chi connectivity index (χ4v) is 4.57. The third-order valence-electron chi connectivity index (χ3n) is 5.24. The molecule has 2 N–H and O–H groups in total. The number of imide groups is 1. The Bertz CT molecular complexity index is 1340. The number of aromatic nitrogens is 1. The molecule has 0 radical (unpaired) electrons. The van der Waals surface area contributed by atoms with Crippen LogP contribution in [0.1, 0.15) is 25.6 Å². The molecule has 0 bridgehead atoms. The summed E-state index contributed by atoms with van der Waals surface area (Å²) in [6.45, 7) is -0.307. The van der Waals surface area contributed by atoms with Gasteiger partial charge in [0.05, 0.1) is 29.9 Å². The number of carbonyl (C=O) groups excluding carboxylic acids is 2. The Kier molecular flexibility index (Phi) is 5.22. The Morgan fingerprint density at radius 3 is 2.56 bits per heavy atom. The first kappa shape index (κ1) is 20.0. The van der Waals surface area contributed by atoms with E-state index in [1.807, 2.05) is 36.4 Å². The number of carbonyl (C=O) groups is 2. The van der Waals surface area contributed by atoms with E-state index in [1.54, 1.807) is 36.7 Å². The molecule has 2 amide bonds. The van der Waals surface area contributed by atoms with Gasteiger partial charge in [0.25, 0.3) is 11.8 Å². The lowest BCUT2D eigenvalue weighted by Gasteiger charge is -2.27. The predicted molar refractivity (Wildman–Crippen MR) is 125 cm³/mol. The van der Waals surface area contributed by atoms with Gasteiger partial charge in [0.1, 0.15) is 5.01 Å². The highest BCUT2D eigenvalue weighted by atomic mass is 32.1. The van der Waals surface area contributed by atoms with Crippen LogP contribution < -0.4 is 5.43 Å². The van der Waals surface area contributed by atoms with Gasteiger partial charge in [0.2, 0.25) is 0 Å². The van der Waals surface area contributed by atoms with E-state index in [2.05, 4.69) is 15.5 Å². The molecule has 0 aliphatic carbocycles. The minimum absolute atomic E-state index is 0.0302. The van der Waals surface area contributed by atoms with Crippen molar-refractivity contribution < 1.29 is 14.7 Å². The molecular weight excluding hydrogens is 424 g/mol. The number of aliphatic hydroxyl groups excluding tert-OH is 1. The highest BCUT2D eigenvalue weighted by Gasteiger charge is 2.32. The summed E-state index contributed by atoms with van der Waals surface area (Å²) >= 11 is 1.53. The summed E-state index contributed by atoms with van der Waals surface area (Å²) in [7, 11) is 0. The summed E-state index contributed by atoms with van der Waals surface area (Å²) in [4.78, 5) is 32.0. The van der Waals surface area contributed by atoms with E-state index in [1.165, 1.54) is 11.3 Å². The molecule has 5 rings (SSSR count). The molecule has 158 valence electrons. The fourth-order valence-electron chi connectivity index (χ4n) is 3.77. The molecule has 0 fully saturated rings. The highest BCUT2D eigenvalue weighted by molar-refractivity contribution is 7.16. The minimum Gasteiger partial charge on any atom is -0.395 e. The van der Waals surface area contributed by atoms with Crippen molar-refractivity contribution in [2.45, 2.75) is 0 Å². The van der Waals surface area contributed by atoms with Crippen molar-refractivity contribution in [3.8, 4) is 10.6 Å². The maximum Gasteiger partial charge on any atom is 0.261 e. The van der Waals surface area contributed by atoms with Gasteiger partial charge in [-0.25, -0.2) is 4.98 Å². The van der Waals surface area contributed by atoms with Crippen LogP contribution in [-0.2, 0) is 0 Å². The number of rotatable bonds is 6. The zero-order valence-corrected chi connectivity index (χ0v) is 17.7. The topological polar surface area (TPSA) is 94.9 Å². The molecule has 1 aliphatic heterocycles. The third-order valence-corrected chi connectivity index (χ3v) is 6.22. The van der Waals surface area contributed by atoms with Crippen LogP contribution in [0.15, 0.2) is 72.0 Å². The number of hydrogen-bond acceptors (Lipinski definition) is 7. The van der Waals surface area contributed by atoms with Gasteiger partial charge >= 0.3 is 0 Å². The first-order valence-corrected chi connectivity index (χ1v) is 10.8. The van der Waals surface area contributed by atoms with Crippen LogP contribution in [0.4, 0.5) is 5.69 Å². The first-order valence-electron chi connectivity index (χ1n) is 10.0. The fraction of sp³-hybridized carbons (Fsp3) is 0.0833. The van der Waals surface area contributed by atoms with E-state index in [0.717, 1.165) is 25.7 Å². The molecule has 1 aromatic heterocycles. The van der Waals surface area contributed by atoms with Crippen molar-refractivity contribution in [3.05, 3.63) is 82.9 Å². The number of nitrogens with one attached hydrogen (secondary N) is 1. The van der Waals surface area contributed by atoms with Gasteiger partial charge in [-0.15, -0.1) is 11.3 Å². The number of β-amino-alcohol motifs (C(OH)–C–C–N with tert-alkyl or cyclic N) is 1. The lowest BCUT2D eigenvalue weighted by atomic mass is 9.93. The number of amides is 2. The van der Waals surface area contributed by atoms with Crippen molar-refractivity contribution in [3.63, 3.8) is 0 Å². The van der Waals surface area contributed by atoms with Crippen molar-refractivity contribution in [2.75, 3.05) is 18.6 Å². The summed E-state index contributed by atoms with van der Waals surface area (Å²) < 4.78 is 0. The Hall–Kier alpha value is -3.88. The molecule has 4 aromatic rings. The van der Waals surface area contributed by atoms with Crippen LogP contribution in [-0.4, -0.2) is 46.2 Å². The molecule has 0 saturated carbocycles. The van der Waals surface area contributed by atoms with E-state index in [-0.39, 0.29) is 13.2 Å². The van der Waals surface area contributed by atoms with Crippen LogP contribution in [0.3, 0.4) is 0 Å². The summed E-state index contributed by atoms with van der Waals surface area (Å²) in [6, 6.07) is 18.7. The molecule has 3 aromatic carbocycles. The summed E-state index contributed by atoms with van der Waals surface area (Å²) in [5.41, 5.74) is 5.64. The van der Waals surface area contributed by atoms with Crippen molar-refractivity contribution >= 4 is 45.8 Å². The molecule has 7 nitrogen and oxygen atoms in total. The van der Waals surface area contributed by atoms with Crippen molar-refractivity contribution in [2.24, 2.45) is 5.10 Å². The standard InChI is InChI=1S/C24H18N4O3S/c29-12-11-28-23(30)18-8-4-7-17-20(10-9-19(21(17)18)24(28)31)27-26-14-16-13-25-22(32-16)15-5-2-1-3-6-15/h1-10,13-14,27,29H,11-12H2/b26-14+. The number of anilines is 1. The number of aliphatic hydroxyl groups is 1. The van der Waals surface area contributed by atoms with E-state index in [0.29, 0.717) is 22.2 Å². The number of hydrogen-bond donors (Lipinski definition) is 2. The van der Waals surface area contributed by atoms with E-state index in [4.69, 9.17) is 0 Å². The Morgan fingerprint density at radius 2 is 1.78 bits per heavy atom. The highest BCUT2D eigenvalue weighted by Crippen LogP contribution is 2.34. The van der Waals surface area contributed by atoms with Gasteiger partial charge in [-0.2, -0.15) is 5.10 Å². The Morgan fingerprint density at radius 1 is 1.00 bits per heavy atom. The quantitative estimate of drug-likeness (QED) is 0.267. The second-order valence-electron chi connectivity index (χ2n) is 7.18. The van der Waals surface area contributed by atoms with Crippen LogP contribution in [0, 0.1) is 0 Å². The number of benzene rings is 3. The molecular formula is C24H18N4O3S. The van der Waals surface area contributed by atoms with Gasteiger partial charge in [-0.05, 0) is 18.2 Å². The maximum absolute atomic E-state index is 12.8. The van der Waals surface area contributed by atoms with Crippen molar-refractivity contribution in [1.82, 2.24) is 9.88 Å². The first-order chi connectivity index (χ1) is 15.7. The number of thiazole rings is 1. The van der Waals surface area contributed by atoms with Gasteiger partial charge in [0, 0.05) is 33.7 Å². The minimum atomic E-state index is -0.402. The second-order valence-corrected chi connectivity index (χ2v) is 8.24. The lowest BCUT2D eigenvalue weighted by molar-refractivity contribution is 0.0580. The summed E-state index contributed by atoms with van der Waals surface area (Å²) in [6.07, 6.45) is 3.46. The van der Waals surface area contributed by atoms with Crippen molar-refractivity contribution in [1.29, 1.82) is 0 Å². The SMILES string of the molecule is O=C1c2cccc3c(N/N=C/c4cnc(-c5ccccc5)s4)ccc(c23)C(=O)N1CCO. The van der Waals surface area contributed by atoms with Gasteiger partial charge in [-0.1, -0.05) is 42.5 Å². The van der Waals surface area contributed by atoms with Gasteiger partial charge in [-0.3, -0.25) is 19.9 Å². The van der Waals surface area contributed by atoms with Crippen LogP contribution in [0.5, 0.6) is 0 Å². The van der Waals surface area contributed by atoms with Crippen LogP contribution in [0.25, 0.3) is 21.3 Å². The predicted octanol–water partition coefficient (Wildman–Crippen LogP) is 4.00. The van der Waals surface area contributed by atoms with Crippen LogP contribution in [0.2, 0.25) is 0 Å². The molecule has 1 aliphatic rings. The smallest absolute Gasteiger partial charge is 0.261 e. The third kappa shape index (κ3) is 3.45. The molecule has 2 heterocycles. The molecule has 0 unspecified atom stereocenters. The number of hydrazone groups is 1. The van der Waals surface area contributed by atoms with Gasteiger partial charge < -0.3 is 5.11 Å². The van der Waals surface area contributed by atoms with E-state index < -0.39 is 11.8 Å².